The standard InChI is InChI=1S/C15H14ClF2NO/c1-9(12-5-4-11(20-2)8-15(12)18)19-10-3-6-14(17)13(16)7-10/h3-9,19H,1-2H3. The molecule has 1 atom stereocenters. The number of hydrogen-bond donors (Lipinski definition) is 1. The lowest BCUT2D eigenvalue weighted by atomic mass is 10.1. The number of ether oxygens (including phenoxy) is 1. The van der Waals surface area contributed by atoms with Gasteiger partial charge in [0.05, 0.1) is 18.2 Å². The zero-order valence-corrected chi connectivity index (χ0v) is 11.8. The number of hydrogen-bond acceptors (Lipinski definition) is 2. The van der Waals surface area contributed by atoms with E-state index in [2.05, 4.69) is 5.32 Å². The lowest BCUT2D eigenvalue weighted by Crippen LogP contribution is -2.08. The smallest absolute Gasteiger partial charge is 0.141 e. The summed E-state index contributed by atoms with van der Waals surface area (Å²) in [6.45, 7) is 1.81. The van der Waals surface area contributed by atoms with E-state index >= 15 is 0 Å². The largest absolute Gasteiger partial charge is 0.497 e. The van der Waals surface area contributed by atoms with Crippen molar-refractivity contribution >= 4 is 17.3 Å². The van der Waals surface area contributed by atoms with Crippen molar-refractivity contribution in [3.8, 4) is 5.75 Å². The summed E-state index contributed by atoms with van der Waals surface area (Å²) < 4.78 is 32.0. The third kappa shape index (κ3) is 3.20. The quantitative estimate of drug-likeness (QED) is 0.875. The molecule has 2 rings (SSSR count). The minimum atomic E-state index is -0.486. The van der Waals surface area contributed by atoms with Crippen LogP contribution >= 0.6 is 11.6 Å². The Kier molecular flexibility index (Phi) is 4.45. The fourth-order valence-corrected chi connectivity index (χ4v) is 2.08. The van der Waals surface area contributed by atoms with Crippen LogP contribution < -0.4 is 10.1 Å². The molecule has 0 amide bonds. The summed E-state index contributed by atoms with van der Waals surface area (Å²) in [5.74, 6) is -0.388. The van der Waals surface area contributed by atoms with Crippen molar-refractivity contribution in [2.75, 3.05) is 12.4 Å². The second-order valence-electron chi connectivity index (χ2n) is 4.38. The molecule has 1 unspecified atom stereocenters. The first-order valence-electron chi connectivity index (χ1n) is 6.06. The topological polar surface area (TPSA) is 21.3 Å². The minimum Gasteiger partial charge on any atom is -0.497 e. The molecule has 0 heterocycles. The molecular weight excluding hydrogens is 284 g/mol. The van der Waals surface area contributed by atoms with Gasteiger partial charge in [0, 0.05) is 17.3 Å². The summed E-state index contributed by atoms with van der Waals surface area (Å²) in [4.78, 5) is 0. The van der Waals surface area contributed by atoms with E-state index in [1.807, 2.05) is 6.92 Å². The fourth-order valence-electron chi connectivity index (χ4n) is 1.90. The van der Waals surface area contributed by atoms with Crippen LogP contribution in [0.3, 0.4) is 0 Å². The summed E-state index contributed by atoms with van der Waals surface area (Å²) >= 11 is 5.71. The highest BCUT2D eigenvalue weighted by atomic mass is 35.5. The van der Waals surface area contributed by atoms with E-state index < -0.39 is 5.82 Å². The highest BCUT2D eigenvalue weighted by molar-refractivity contribution is 6.31. The van der Waals surface area contributed by atoms with Crippen LogP contribution in [0.2, 0.25) is 5.02 Å². The highest BCUT2D eigenvalue weighted by Crippen LogP contribution is 2.26. The Morgan fingerprint density at radius 3 is 2.45 bits per heavy atom. The SMILES string of the molecule is COc1ccc(C(C)Nc2ccc(F)c(Cl)c2)c(F)c1. The molecule has 0 aromatic heterocycles. The van der Waals surface area contributed by atoms with E-state index in [1.54, 1.807) is 18.2 Å². The van der Waals surface area contributed by atoms with Gasteiger partial charge in [-0.3, -0.25) is 0 Å². The lowest BCUT2D eigenvalue weighted by molar-refractivity contribution is 0.410. The van der Waals surface area contributed by atoms with Crippen molar-refractivity contribution in [1.82, 2.24) is 0 Å². The van der Waals surface area contributed by atoms with Gasteiger partial charge in [0.1, 0.15) is 17.4 Å². The molecule has 0 aliphatic heterocycles. The van der Waals surface area contributed by atoms with Crippen molar-refractivity contribution in [3.05, 3.63) is 58.6 Å². The van der Waals surface area contributed by atoms with Crippen LogP contribution in [0.5, 0.6) is 5.75 Å². The zero-order valence-electron chi connectivity index (χ0n) is 11.1. The summed E-state index contributed by atoms with van der Waals surface area (Å²) in [5, 5.41) is 3.10. The molecule has 106 valence electrons. The summed E-state index contributed by atoms with van der Waals surface area (Å²) in [6, 6.07) is 8.66. The van der Waals surface area contributed by atoms with E-state index in [1.165, 1.54) is 25.3 Å². The van der Waals surface area contributed by atoms with Crippen LogP contribution in [0.15, 0.2) is 36.4 Å². The van der Waals surface area contributed by atoms with Gasteiger partial charge in [-0.2, -0.15) is 0 Å². The van der Waals surface area contributed by atoms with Crippen molar-refractivity contribution in [3.63, 3.8) is 0 Å². The third-order valence-corrected chi connectivity index (χ3v) is 3.27. The Morgan fingerprint density at radius 2 is 1.85 bits per heavy atom. The summed E-state index contributed by atoms with van der Waals surface area (Å²) in [5.41, 5.74) is 1.12. The molecule has 2 aromatic rings. The third-order valence-electron chi connectivity index (χ3n) is 2.98. The monoisotopic (exact) mass is 297 g/mol. The van der Waals surface area contributed by atoms with Crippen molar-refractivity contribution < 1.29 is 13.5 Å². The fraction of sp³-hybridized carbons (Fsp3) is 0.200. The first-order chi connectivity index (χ1) is 9.51. The van der Waals surface area contributed by atoms with E-state index in [9.17, 15) is 8.78 Å². The molecule has 0 bridgehead atoms. The van der Waals surface area contributed by atoms with Gasteiger partial charge in [0.2, 0.25) is 0 Å². The van der Waals surface area contributed by atoms with Gasteiger partial charge in [-0.1, -0.05) is 17.7 Å². The molecule has 0 fully saturated rings. The van der Waals surface area contributed by atoms with Gasteiger partial charge in [-0.05, 0) is 31.2 Å². The van der Waals surface area contributed by atoms with Crippen molar-refractivity contribution in [1.29, 1.82) is 0 Å². The Labute approximate surface area is 121 Å². The Balaban J connectivity index is 2.19. The number of nitrogens with one attached hydrogen (secondary N) is 1. The second-order valence-corrected chi connectivity index (χ2v) is 4.79. The summed E-state index contributed by atoms with van der Waals surface area (Å²) in [7, 11) is 1.48. The van der Waals surface area contributed by atoms with Crippen LogP contribution in [0.4, 0.5) is 14.5 Å². The predicted molar refractivity (Wildman–Crippen MR) is 76.4 cm³/mol. The molecule has 1 N–H and O–H groups in total. The molecule has 20 heavy (non-hydrogen) atoms. The zero-order chi connectivity index (χ0) is 14.7. The first-order valence-corrected chi connectivity index (χ1v) is 6.44. The van der Waals surface area contributed by atoms with Crippen LogP contribution in [0, 0.1) is 11.6 Å². The van der Waals surface area contributed by atoms with Gasteiger partial charge in [0.25, 0.3) is 0 Å². The van der Waals surface area contributed by atoms with E-state index in [4.69, 9.17) is 16.3 Å². The normalized spacial score (nSPS) is 12.1. The Morgan fingerprint density at radius 1 is 1.10 bits per heavy atom. The van der Waals surface area contributed by atoms with E-state index in [0.29, 0.717) is 17.0 Å². The average Bonchev–Trinajstić information content (AvgIpc) is 2.42. The molecular formula is C15H14ClF2NO. The number of methoxy groups -OCH3 is 1. The van der Waals surface area contributed by atoms with Crippen LogP contribution in [-0.4, -0.2) is 7.11 Å². The Bertz CT molecular complexity index is 619. The van der Waals surface area contributed by atoms with E-state index in [-0.39, 0.29) is 16.9 Å². The molecule has 0 aliphatic carbocycles. The minimum absolute atomic E-state index is 0.0254. The molecule has 0 aliphatic rings. The maximum absolute atomic E-state index is 13.9. The van der Waals surface area contributed by atoms with E-state index in [0.717, 1.165) is 0 Å². The first kappa shape index (κ1) is 14.6. The number of anilines is 1. The molecule has 0 saturated carbocycles. The second kappa shape index (κ2) is 6.09. The molecule has 0 saturated heterocycles. The molecule has 0 radical (unpaired) electrons. The van der Waals surface area contributed by atoms with Gasteiger partial charge in [0.15, 0.2) is 0 Å². The maximum atomic E-state index is 13.9. The molecule has 5 heteroatoms. The Hall–Kier alpha value is -1.81. The van der Waals surface area contributed by atoms with Crippen LogP contribution in [0.1, 0.15) is 18.5 Å². The van der Waals surface area contributed by atoms with Crippen molar-refractivity contribution in [2.24, 2.45) is 0 Å². The molecule has 2 aromatic carbocycles. The van der Waals surface area contributed by atoms with Crippen molar-refractivity contribution in [2.45, 2.75) is 13.0 Å². The molecule has 2 nitrogen and oxygen atoms in total. The van der Waals surface area contributed by atoms with Crippen LogP contribution in [-0.2, 0) is 0 Å². The number of halogens is 3. The maximum Gasteiger partial charge on any atom is 0.141 e. The average molecular weight is 298 g/mol. The van der Waals surface area contributed by atoms with Crippen LogP contribution in [0.25, 0.3) is 0 Å². The highest BCUT2D eigenvalue weighted by Gasteiger charge is 2.12. The lowest BCUT2D eigenvalue weighted by Gasteiger charge is -2.17. The van der Waals surface area contributed by atoms with Gasteiger partial charge < -0.3 is 10.1 Å². The summed E-state index contributed by atoms with van der Waals surface area (Å²) in [6.07, 6.45) is 0. The molecule has 0 spiro atoms. The predicted octanol–water partition coefficient (Wildman–Crippen LogP) is 4.80. The van der Waals surface area contributed by atoms with Gasteiger partial charge >= 0.3 is 0 Å². The number of rotatable bonds is 4. The number of benzene rings is 2. The van der Waals surface area contributed by atoms with Gasteiger partial charge in [-0.25, -0.2) is 8.78 Å². The van der Waals surface area contributed by atoms with Gasteiger partial charge in [-0.15, -0.1) is 0 Å².